The summed E-state index contributed by atoms with van der Waals surface area (Å²) >= 11 is 0. The van der Waals surface area contributed by atoms with Gasteiger partial charge < -0.3 is 5.32 Å². The van der Waals surface area contributed by atoms with Crippen LogP contribution in [0.4, 0.5) is 5.69 Å². The van der Waals surface area contributed by atoms with E-state index in [1.165, 1.54) is 5.56 Å². The summed E-state index contributed by atoms with van der Waals surface area (Å²) in [5.74, 6) is 0. The Labute approximate surface area is 89.7 Å². The Morgan fingerprint density at radius 1 is 1.27 bits per heavy atom. The number of hydrogen-bond donors (Lipinski definition) is 1. The lowest BCUT2D eigenvalue weighted by molar-refractivity contribution is 0.767. The van der Waals surface area contributed by atoms with Gasteiger partial charge in [0.1, 0.15) is 0 Å². The van der Waals surface area contributed by atoms with Crippen molar-refractivity contribution in [3.63, 3.8) is 0 Å². The minimum absolute atomic E-state index is 0.301. The van der Waals surface area contributed by atoms with Crippen LogP contribution in [-0.2, 0) is 7.05 Å². The second-order valence-corrected chi connectivity index (χ2v) is 3.68. The average molecular weight is 201 g/mol. The summed E-state index contributed by atoms with van der Waals surface area (Å²) in [5.41, 5.74) is 2.33. The molecule has 0 aliphatic heterocycles. The number of nitrogens with one attached hydrogen (secondary N) is 1. The van der Waals surface area contributed by atoms with Crippen LogP contribution in [0.2, 0.25) is 0 Å². The fourth-order valence-corrected chi connectivity index (χ4v) is 1.57. The molecule has 1 aromatic carbocycles. The molecular weight excluding hydrogens is 186 g/mol. The Bertz CT molecular complexity index is 419. The number of rotatable bonds is 3. The Kier molecular flexibility index (Phi) is 2.72. The largest absolute Gasteiger partial charge is 0.376 e. The third-order valence-corrected chi connectivity index (χ3v) is 2.39. The van der Waals surface area contributed by atoms with Gasteiger partial charge >= 0.3 is 0 Å². The lowest BCUT2D eigenvalue weighted by Crippen LogP contribution is -2.05. The van der Waals surface area contributed by atoms with E-state index in [2.05, 4.69) is 41.6 Å². The molecule has 3 heteroatoms. The normalized spacial score (nSPS) is 12.4. The molecule has 78 valence electrons. The molecular formula is C12H15N3. The second kappa shape index (κ2) is 4.17. The molecule has 1 N–H and O–H groups in total. The monoisotopic (exact) mass is 201 g/mol. The van der Waals surface area contributed by atoms with Crippen molar-refractivity contribution in [1.82, 2.24) is 9.78 Å². The van der Waals surface area contributed by atoms with E-state index in [-0.39, 0.29) is 0 Å². The quantitative estimate of drug-likeness (QED) is 0.827. The first-order valence-electron chi connectivity index (χ1n) is 5.06. The van der Waals surface area contributed by atoms with Crippen LogP contribution in [0, 0.1) is 0 Å². The average Bonchev–Trinajstić information content (AvgIpc) is 2.65. The highest BCUT2D eigenvalue weighted by atomic mass is 15.3. The third-order valence-electron chi connectivity index (χ3n) is 2.39. The molecule has 2 aromatic rings. The van der Waals surface area contributed by atoms with E-state index in [1.54, 1.807) is 4.68 Å². The molecule has 1 aromatic heterocycles. The van der Waals surface area contributed by atoms with Crippen LogP contribution in [0.15, 0.2) is 42.7 Å². The van der Waals surface area contributed by atoms with Gasteiger partial charge in [0.15, 0.2) is 0 Å². The molecule has 1 atom stereocenters. The van der Waals surface area contributed by atoms with Gasteiger partial charge in [0.05, 0.1) is 11.9 Å². The van der Waals surface area contributed by atoms with Crippen molar-refractivity contribution in [2.45, 2.75) is 13.0 Å². The van der Waals surface area contributed by atoms with E-state index < -0.39 is 0 Å². The van der Waals surface area contributed by atoms with Gasteiger partial charge in [-0.1, -0.05) is 30.3 Å². The summed E-state index contributed by atoms with van der Waals surface area (Å²) in [6, 6.07) is 10.7. The summed E-state index contributed by atoms with van der Waals surface area (Å²) in [6.07, 6.45) is 3.80. The molecule has 1 heterocycles. The van der Waals surface area contributed by atoms with Crippen LogP contribution in [0.25, 0.3) is 0 Å². The van der Waals surface area contributed by atoms with Gasteiger partial charge in [-0.05, 0) is 12.5 Å². The highest BCUT2D eigenvalue weighted by Crippen LogP contribution is 2.17. The van der Waals surface area contributed by atoms with Gasteiger partial charge in [0.25, 0.3) is 0 Å². The zero-order valence-electron chi connectivity index (χ0n) is 9.01. The first-order chi connectivity index (χ1) is 7.25. The molecule has 0 spiro atoms. The van der Waals surface area contributed by atoms with Crippen LogP contribution in [-0.4, -0.2) is 9.78 Å². The molecule has 0 saturated carbocycles. The van der Waals surface area contributed by atoms with Crippen molar-refractivity contribution in [2.75, 3.05) is 5.32 Å². The number of anilines is 1. The summed E-state index contributed by atoms with van der Waals surface area (Å²) in [5, 5.41) is 7.51. The second-order valence-electron chi connectivity index (χ2n) is 3.68. The summed E-state index contributed by atoms with van der Waals surface area (Å²) < 4.78 is 1.79. The Hall–Kier alpha value is -1.77. The minimum Gasteiger partial charge on any atom is -0.376 e. The predicted molar refractivity (Wildman–Crippen MR) is 61.7 cm³/mol. The van der Waals surface area contributed by atoms with Gasteiger partial charge in [-0.25, -0.2) is 0 Å². The molecule has 15 heavy (non-hydrogen) atoms. The van der Waals surface area contributed by atoms with Crippen molar-refractivity contribution in [1.29, 1.82) is 0 Å². The maximum absolute atomic E-state index is 4.12. The van der Waals surface area contributed by atoms with Gasteiger partial charge in [-0.3, -0.25) is 4.68 Å². The summed E-state index contributed by atoms with van der Waals surface area (Å²) in [7, 11) is 1.92. The van der Waals surface area contributed by atoms with E-state index in [0.29, 0.717) is 6.04 Å². The summed E-state index contributed by atoms with van der Waals surface area (Å²) in [6.45, 7) is 2.14. The Morgan fingerprint density at radius 3 is 2.60 bits per heavy atom. The molecule has 0 amide bonds. The highest BCUT2D eigenvalue weighted by Gasteiger charge is 2.04. The van der Waals surface area contributed by atoms with E-state index in [0.717, 1.165) is 5.69 Å². The third kappa shape index (κ3) is 2.37. The molecule has 0 saturated heterocycles. The van der Waals surface area contributed by atoms with Crippen LogP contribution in [0.3, 0.4) is 0 Å². The first-order valence-corrected chi connectivity index (χ1v) is 5.06. The number of hydrogen-bond acceptors (Lipinski definition) is 2. The van der Waals surface area contributed by atoms with E-state index in [1.807, 2.05) is 25.5 Å². The standard InChI is InChI=1S/C12H15N3/c1-10(11-6-4-3-5-7-11)14-12-8-13-15(2)9-12/h3-10,14H,1-2H3/t10-/m0/s1. The topological polar surface area (TPSA) is 29.9 Å². The molecule has 0 aliphatic carbocycles. The lowest BCUT2D eigenvalue weighted by atomic mass is 10.1. The van der Waals surface area contributed by atoms with Crippen LogP contribution < -0.4 is 5.32 Å². The molecule has 0 fully saturated rings. The summed E-state index contributed by atoms with van der Waals surface area (Å²) in [4.78, 5) is 0. The van der Waals surface area contributed by atoms with Crippen molar-refractivity contribution in [2.24, 2.45) is 7.05 Å². The van der Waals surface area contributed by atoms with Crippen molar-refractivity contribution in [3.05, 3.63) is 48.3 Å². The maximum Gasteiger partial charge on any atom is 0.0731 e. The molecule has 0 radical (unpaired) electrons. The van der Waals surface area contributed by atoms with Crippen molar-refractivity contribution >= 4 is 5.69 Å². The van der Waals surface area contributed by atoms with E-state index in [4.69, 9.17) is 0 Å². The zero-order chi connectivity index (χ0) is 10.7. The predicted octanol–water partition coefficient (Wildman–Crippen LogP) is 2.59. The van der Waals surface area contributed by atoms with E-state index >= 15 is 0 Å². The van der Waals surface area contributed by atoms with Gasteiger partial charge in [0.2, 0.25) is 0 Å². The number of nitrogens with zero attached hydrogens (tertiary/aromatic N) is 2. The van der Waals surface area contributed by atoms with Crippen molar-refractivity contribution < 1.29 is 0 Å². The zero-order valence-corrected chi connectivity index (χ0v) is 9.01. The molecule has 3 nitrogen and oxygen atoms in total. The van der Waals surface area contributed by atoms with Gasteiger partial charge in [-0.2, -0.15) is 5.10 Å². The van der Waals surface area contributed by atoms with Crippen LogP contribution in [0.1, 0.15) is 18.5 Å². The maximum atomic E-state index is 4.12. The lowest BCUT2D eigenvalue weighted by Gasteiger charge is -2.13. The first kappa shape index (κ1) is 9.77. The molecule has 0 unspecified atom stereocenters. The number of benzene rings is 1. The van der Waals surface area contributed by atoms with Crippen LogP contribution in [0.5, 0.6) is 0 Å². The smallest absolute Gasteiger partial charge is 0.0731 e. The Balaban J connectivity index is 2.07. The number of aryl methyl sites for hydroxylation is 1. The molecule has 2 rings (SSSR count). The number of aromatic nitrogens is 2. The van der Waals surface area contributed by atoms with Crippen molar-refractivity contribution in [3.8, 4) is 0 Å². The molecule has 0 aliphatic rings. The Morgan fingerprint density at radius 2 is 2.00 bits per heavy atom. The van der Waals surface area contributed by atoms with Crippen LogP contribution >= 0.6 is 0 Å². The SMILES string of the molecule is C[C@H](Nc1cnn(C)c1)c1ccccc1. The van der Waals surface area contributed by atoms with E-state index in [9.17, 15) is 0 Å². The van der Waals surface area contributed by atoms with Gasteiger partial charge in [0, 0.05) is 19.3 Å². The fraction of sp³-hybridized carbons (Fsp3) is 0.250. The molecule has 0 bridgehead atoms. The minimum atomic E-state index is 0.301. The van der Waals surface area contributed by atoms with Gasteiger partial charge in [-0.15, -0.1) is 0 Å². The highest BCUT2D eigenvalue weighted by molar-refractivity contribution is 5.41. The fourth-order valence-electron chi connectivity index (χ4n) is 1.57.